The van der Waals surface area contributed by atoms with Crippen molar-refractivity contribution in [2.75, 3.05) is 13.7 Å². The summed E-state index contributed by atoms with van der Waals surface area (Å²) in [5, 5.41) is 2.79. The second kappa shape index (κ2) is 6.83. The molecule has 0 bridgehead atoms. The number of nitrogens with one attached hydrogen (secondary N) is 1. The highest BCUT2D eigenvalue weighted by molar-refractivity contribution is 5.92. The predicted octanol–water partition coefficient (Wildman–Crippen LogP) is 2.79. The van der Waals surface area contributed by atoms with Crippen LogP contribution < -0.4 is 14.8 Å². The van der Waals surface area contributed by atoms with Crippen LogP contribution in [-0.2, 0) is 0 Å². The Morgan fingerprint density at radius 1 is 1.24 bits per heavy atom. The summed E-state index contributed by atoms with van der Waals surface area (Å²) in [7, 11) is 1.62. The van der Waals surface area contributed by atoms with Gasteiger partial charge in [0.15, 0.2) is 5.76 Å². The summed E-state index contributed by atoms with van der Waals surface area (Å²) in [5.74, 6) is 1.61. The Kier molecular flexibility index (Phi) is 4.87. The molecule has 112 valence electrons. The van der Waals surface area contributed by atoms with Crippen LogP contribution in [0.5, 0.6) is 11.5 Å². The Balaban J connectivity index is 1.83. The van der Waals surface area contributed by atoms with Gasteiger partial charge in [-0.1, -0.05) is 0 Å². The number of furan rings is 1. The lowest BCUT2D eigenvalue weighted by molar-refractivity contribution is 0.0903. The summed E-state index contributed by atoms with van der Waals surface area (Å²) in [6, 6.07) is 9.06. The van der Waals surface area contributed by atoms with Crippen molar-refractivity contribution in [2.24, 2.45) is 0 Å². The molecule has 5 nitrogen and oxygen atoms in total. The van der Waals surface area contributed by atoms with Crippen LogP contribution in [0.2, 0.25) is 0 Å². The Morgan fingerprint density at radius 2 is 1.90 bits per heavy atom. The fraction of sp³-hybridized carbons (Fsp3) is 0.312. The Labute approximate surface area is 123 Å². The maximum Gasteiger partial charge on any atom is 0.287 e. The van der Waals surface area contributed by atoms with Gasteiger partial charge in [0.25, 0.3) is 5.91 Å². The van der Waals surface area contributed by atoms with Gasteiger partial charge >= 0.3 is 0 Å². The van der Waals surface area contributed by atoms with Crippen molar-refractivity contribution in [3.05, 3.63) is 47.9 Å². The molecule has 2 rings (SSSR count). The maximum absolute atomic E-state index is 11.9. The van der Waals surface area contributed by atoms with E-state index < -0.39 is 0 Å². The first-order valence-electron chi connectivity index (χ1n) is 6.73. The van der Waals surface area contributed by atoms with Crippen LogP contribution in [0.3, 0.4) is 0 Å². The number of rotatable bonds is 6. The highest BCUT2D eigenvalue weighted by Gasteiger charge is 2.13. The van der Waals surface area contributed by atoms with E-state index in [1.807, 2.05) is 38.1 Å². The molecule has 1 N–H and O–H groups in total. The number of ether oxygens (including phenoxy) is 2. The predicted molar refractivity (Wildman–Crippen MR) is 78.9 cm³/mol. The molecule has 1 unspecified atom stereocenters. The molecule has 1 atom stereocenters. The molecule has 2 aromatic rings. The average Bonchev–Trinajstić information content (AvgIpc) is 2.92. The molecule has 1 heterocycles. The van der Waals surface area contributed by atoms with Crippen LogP contribution in [0.15, 0.2) is 41.0 Å². The zero-order chi connectivity index (χ0) is 15.2. The lowest BCUT2D eigenvalue weighted by Crippen LogP contribution is -2.33. The second-order valence-corrected chi connectivity index (χ2v) is 4.75. The molecule has 1 aromatic carbocycles. The summed E-state index contributed by atoms with van der Waals surface area (Å²) in [4.78, 5) is 11.9. The molecule has 0 aliphatic rings. The molecule has 1 amide bonds. The maximum atomic E-state index is 11.9. The number of amides is 1. The monoisotopic (exact) mass is 289 g/mol. The molecule has 0 radical (unpaired) electrons. The summed E-state index contributed by atoms with van der Waals surface area (Å²) in [6.45, 7) is 4.11. The van der Waals surface area contributed by atoms with Gasteiger partial charge in [-0.2, -0.15) is 0 Å². The van der Waals surface area contributed by atoms with Crippen LogP contribution in [0.4, 0.5) is 0 Å². The number of carbonyl (C=O) groups is 1. The van der Waals surface area contributed by atoms with E-state index in [2.05, 4.69) is 5.32 Å². The Hall–Kier alpha value is -2.43. The molecule has 0 fully saturated rings. The number of methoxy groups -OCH3 is 1. The fourth-order valence-corrected chi connectivity index (χ4v) is 1.85. The molecule has 5 heteroatoms. The van der Waals surface area contributed by atoms with Gasteiger partial charge in [-0.15, -0.1) is 0 Å². The molecule has 0 saturated heterocycles. The van der Waals surface area contributed by atoms with Gasteiger partial charge < -0.3 is 19.2 Å². The largest absolute Gasteiger partial charge is 0.497 e. The smallest absolute Gasteiger partial charge is 0.287 e. The van der Waals surface area contributed by atoms with E-state index >= 15 is 0 Å². The van der Waals surface area contributed by atoms with Crippen LogP contribution in [0, 0.1) is 6.92 Å². The summed E-state index contributed by atoms with van der Waals surface area (Å²) < 4.78 is 15.9. The minimum atomic E-state index is -0.234. The standard InChI is InChI=1S/C16H19NO4/c1-11-8-9-20-15(11)16(18)17-10-12(2)21-14-6-4-13(19-3)5-7-14/h4-9,12H,10H2,1-3H3,(H,17,18). The van der Waals surface area contributed by atoms with Gasteiger partial charge in [-0.05, 0) is 44.2 Å². The Bertz CT molecular complexity index is 589. The molecular weight excluding hydrogens is 270 g/mol. The van der Waals surface area contributed by atoms with E-state index in [1.54, 1.807) is 13.2 Å². The number of benzene rings is 1. The highest BCUT2D eigenvalue weighted by Crippen LogP contribution is 2.18. The summed E-state index contributed by atoms with van der Waals surface area (Å²) in [5.41, 5.74) is 0.816. The van der Waals surface area contributed by atoms with Crippen molar-refractivity contribution >= 4 is 5.91 Å². The molecule has 0 spiro atoms. The van der Waals surface area contributed by atoms with Crippen molar-refractivity contribution in [1.82, 2.24) is 5.32 Å². The third-order valence-corrected chi connectivity index (χ3v) is 3.02. The lowest BCUT2D eigenvalue weighted by atomic mass is 10.2. The van der Waals surface area contributed by atoms with Gasteiger partial charge in [0, 0.05) is 5.56 Å². The van der Waals surface area contributed by atoms with E-state index in [9.17, 15) is 4.79 Å². The normalized spacial score (nSPS) is 11.8. The van der Waals surface area contributed by atoms with Gasteiger partial charge in [0.05, 0.1) is 19.9 Å². The van der Waals surface area contributed by atoms with Gasteiger partial charge in [0.1, 0.15) is 17.6 Å². The van der Waals surface area contributed by atoms with E-state index in [-0.39, 0.29) is 12.0 Å². The van der Waals surface area contributed by atoms with E-state index in [4.69, 9.17) is 13.9 Å². The van der Waals surface area contributed by atoms with Crippen molar-refractivity contribution in [3.8, 4) is 11.5 Å². The lowest BCUT2D eigenvalue weighted by Gasteiger charge is -2.15. The minimum absolute atomic E-state index is 0.155. The van der Waals surface area contributed by atoms with E-state index in [1.165, 1.54) is 6.26 Å². The third kappa shape index (κ3) is 4.02. The van der Waals surface area contributed by atoms with Crippen LogP contribution in [0.1, 0.15) is 23.0 Å². The number of hydrogen-bond donors (Lipinski definition) is 1. The molecule has 0 saturated carbocycles. The first-order chi connectivity index (χ1) is 10.1. The van der Waals surface area contributed by atoms with Crippen molar-refractivity contribution < 1.29 is 18.7 Å². The molecule has 0 aliphatic heterocycles. The van der Waals surface area contributed by atoms with Crippen molar-refractivity contribution in [1.29, 1.82) is 0 Å². The zero-order valence-corrected chi connectivity index (χ0v) is 12.4. The number of hydrogen-bond acceptors (Lipinski definition) is 4. The van der Waals surface area contributed by atoms with E-state index in [0.717, 1.165) is 17.1 Å². The van der Waals surface area contributed by atoms with Gasteiger partial charge in [-0.3, -0.25) is 4.79 Å². The highest BCUT2D eigenvalue weighted by atomic mass is 16.5. The van der Waals surface area contributed by atoms with Gasteiger partial charge in [-0.25, -0.2) is 0 Å². The summed E-state index contributed by atoms with van der Waals surface area (Å²) in [6.07, 6.45) is 1.35. The number of carbonyl (C=O) groups excluding carboxylic acids is 1. The minimum Gasteiger partial charge on any atom is -0.497 e. The van der Waals surface area contributed by atoms with Crippen LogP contribution >= 0.6 is 0 Å². The van der Waals surface area contributed by atoms with Crippen LogP contribution in [-0.4, -0.2) is 25.7 Å². The quantitative estimate of drug-likeness (QED) is 0.888. The molecule has 21 heavy (non-hydrogen) atoms. The molecule has 1 aromatic heterocycles. The van der Waals surface area contributed by atoms with Crippen molar-refractivity contribution in [2.45, 2.75) is 20.0 Å². The van der Waals surface area contributed by atoms with Crippen LogP contribution in [0.25, 0.3) is 0 Å². The number of aryl methyl sites for hydroxylation is 1. The third-order valence-electron chi connectivity index (χ3n) is 3.02. The fourth-order valence-electron chi connectivity index (χ4n) is 1.85. The van der Waals surface area contributed by atoms with Gasteiger partial charge in [0.2, 0.25) is 0 Å². The zero-order valence-electron chi connectivity index (χ0n) is 12.4. The second-order valence-electron chi connectivity index (χ2n) is 4.75. The SMILES string of the molecule is COc1ccc(OC(C)CNC(=O)c2occc2C)cc1. The first kappa shape index (κ1) is 15.0. The average molecular weight is 289 g/mol. The molecular formula is C16H19NO4. The molecule has 0 aliphatic carbocycles. The van der Waals surface area contributed by atoms with Crippen molar-refractivity contribution in [3.63, 3.8) is 0 Å². The topological polar surface area (TPSA) is 60.7 Å². The Morgan fingerprint density at radius 3 is 2.48 bits per heavy atom. The first-order valence-corrected chi connectivity index (χ1v) is 6.73. The summed E-state index contributed by atoms with van der Waals surface area (Å²) >= 11 is 0. The van der Waals surface area contributed by atoms with E-state index in [0.29, 0.717) is 12.3 Å².